The maximum atomic E-state index is 12.1. The Morgan fingerprint density at radius 3 is 2.50 bits per heavy atom. The highest BCUT2D eigenvalue weighted by Crippen LogP contribution is 2.29. The number of hydrogen-bond donors (Lipinski definition) is 1. The summed E-state index contributed by atoms with van der Waals surface area (Å²) in [6.07, 6.45) is -4.57. The molecule has 0 spiro atoms. The number of methoxy groups -OCH3 is 1. The van der Waals surface area contributed by atoms with E-state index in [4.69, 9.17) is 14.2 Å². The number of likely N-dealkylation sites (N-methyl/N-ethyl adjacent to an activating group) is 1. The van der Waals surface area contributed by atoms with Crippen molar-refractivity contribution in [2.24, 2.45) is 0 Å². The van der Waals surface area contributed by atoms with Gasteiger partial charge in [-0.25, -0.2) is 0 Å². The highest BCUT2D eigenvalue weighted by Gasteiger charge is 2.44. The largest absolute Gasteiger partial charge is 0.411 e. The van der Waals surface area contributed by atoms with Gasteiger partial charge in [-0.1, -0.05) is 6.92 Å². The van der Waals surface area contributed by atoms with E-state index in [-0.39, 0.29) is 12.1 Å². The van der Waals surface area contributed by atoms with Crippen LogP contribution in [0.1, 0.15) is 13.3 Å². The summed E-state index contributed by atoms with van der Waals surface area (Å²) in [5, 5.41) is 3.16. The fourth-order valence-corrected chi connectivity index (χ4v) is 1.90. The van der Waals surface area contributed by atoms with Crippen molar-refractivity contribution in [1.29, 1.82) is 0 Å². The summed E-state index contributed by atoms with van der Waals surface area (Å²) < 4.78 is 51.3. The molecule has 3 atom stereocenters. The minimum Gasteiger partial charge on any atom is -0.382 e. The highest BCUT2D eigenvalue weighted by molar-refractivity contribution is 4.97. The Balaban J connectivity index is 2.33. The topological polar surface area (TPSA) is 39.7 Å². The van der Waals surface area contributed by atoms with Gasteiger partial charge in [0.1, 0.15) is 6.61 Å². The van der Waals surface area contributed by atoms with Crippen LogP contribution in [0.5, 0.6) is 0 Å². The van der Waals surface area contributed by atoms with Crippen molar-refractivity contribution in [1.82, 2.24) is 5.32 Å². The molecule has 1 aliphatic rings. The van der Waals surface area contributed by atoms with E-state index in [0.29, 0.717) is 19.6 Å². The fourth-order valence-electron chi connectivity index (χ4n) is 1.90. The second kappa shape index (κ2) is 7.28. The molecule has 0 aliphatic heterocycles. The lowest BCUT2D eigenvalue weighted by Gasteiger charge is -2.44. The van der Waals surface area contributed by atoms with E-state index in [0.717, 1.165) is 6.54 Å². The Labute approximate surface area is 105 Å². The zero-order chi connectivity index (χ0) is 13.6. The summed E-state index contributed by atoms with van der Waals surface area (Å²) in [5.41, 5.74) is 0. The van der Waals surface area contributed by atoms with Gasteiger partial charge < -0.3 is 19.5 Å². The maximum absolute atomic E-state index is 12.1. The molecule has 108 valence electrons. The van der Waals surface area contributed by atoms with E-state index in [1.54, 1.807) is 7.11 Å². The van der Waals surface area contributed by atoms with E-state index in [9.17, 15) is 13.2 Å². The van der Waals surface area contributed by atoms with Crippen LogP contribution < -0.4 is 5.32 Å². The quantitative estimate of drug-likeness (QED) is 0.676. The van der Waals surface area contributed by atoms with Crippen molar-refractivity contribution in [3.63, 3.8) is 0 Å². The van der Waals surface area contributed by atoms with Crippen LogP contribution in [0.3, 0.4) is 0 Å². The minimum atomic E-state index is -4.29. The Morgan fingerprint density at radius 2 is 1.94 bits per heavy atom. The Hall–Kier alpha value is -0.370. The molecule has 18 heavy (non-hydrogen) atoms. The molecule has 0 aromatic heterocycles. The number of alkyl halides is 3. The molecule has 0 saturated heterocycles. The first-order chi connectivity index (χ1) is 8.48. The van der Waals surface area contributed by atoms with Gasteiger partial charge >= 0.3 is 6.18 Å². The van der Waals surface area contributed by atoms with E-state index in [1.165, 1.54) is 0 Å². The summed E-state index contributed by atoms with van der Waals surface area (Å²) in [5.74, 6) is 0. The molecule has 4 nitrogen and oxygen atoms in total. The van der Waals surface area contributed by atoms with Gasteiger partial charge in [-0.05, 0) is 13.0 Å². The molecule has 1 rings (SSSR count). The average molecular weight is 271 g/mol. The van der Waals surface area contributed by atoms with Crippen molar-refractivity contribution in [2.45, 2.75) is 37.8 Å². The van der Waals surface area contributed by atoms with Crippen LogP contribution >= 0.6 is 0 Å². The van der Waals surface area contributed by atoms with Crippen LogP contribution in [0.2, 0.25) is 0 Å². The molecule has 1 aliphatic carbocycles. The molecule has 7 heteroatoms. The predicted octanol–water partition coefficient (Wildman–Crippen LogP) is 1.35. The normalized spacial score (nSPS) is 28.2. The summed E-state index contributed by atoms with van der Waals surface area (Å²) in [6.45, 7) is 2.24. The van der Waals surface area contributed by atoms with E-state index in [1.807, 2.05) is 6.92 Å². The first kappa shape index (κ1) is 15.7. The lowest BCUT2D eigenvalue weighted by molar-refractivity contribution is -0.222. The molecular weight excluding hydrogens is 251 g/mol. The predicted molar refractivity (Wildman–Crippen MR) is 59.5 cm³/mol. The second-order valence-corrected chi connectivity index (χ2v) is 4.19. The molecule has 0 heterocycles. The van der Waals surface area contributed by atoms with Crippen LogP contribution in [0.15, 0.2) is 0 Å². The number of hydrogen-bond acceptors (Lipinski definition) is 4. The SMILES string of the molecule is CCNC1CC(OCC(F)(F)F)C1OCCOC. The van der Waals surface area contributed by atoms with Crippen LogP contribution in [-0.2, 0) is 14.2 Å². The van der Waals surface area contributed by atoms with Crippen LogP contribution in [0.25, 0.3) is 0 Å². The van der Waals surface area contributed by atoms with Gasteiger partial charge in [0, 0.05) is 13.2 Å². The Morgan fingerprint density at radius 1 is 1.22 bits per heavy atom. The highest BCUT2D eigenvalue weighted by atomic mass is 19.4. The second-order valence-electron chi connectivity index (χ2n) is 4.19. The molecule has 0 amide bonds. The standard InChI is InChI=1S/C11H20F3NO3/c1-3-15-8-6-9(18-7-11(12,13)14)10(8)17-5-4-16-2/h8-10,15H,3-7H2,1-2H3. The van der Waals surface area contributed by atoms with Gasteiger partial charge in [0.05, 0.1) is 25.4 Å². The Bertz CT molecular complexity index is 238. The molecule has 0 bridgehead atoms. The number of nitrogens with one attached hydrogen (secondary N) is 1. The van der Waals surface area contributed by atoms with E-state index in [2.05, 4.69) is 5.32 Å². The lowest BCUT2D eigenvalue weighted by atomic mass is 9.85. The fraction of sp³-hybridized carbons (Fsp3) is 1.00. The van der Waals surface area contributed by atoms with Crippen molar-refractivity contribution in [3.8, 4) is 0 Å². The average Bonchev–Trinajstić information content (AvgIpc) is 2.27. The van der Waals surface area contributed by atoms with Crippen molar-refractivity contribution < 1.29 is 27.4 Å². The third kappa shape index (κ3) is 5.09. The summed E-state index contributed by atoms with van der Waals surface area (Å²) in [4.78, 5) is 0. The van der Waals surface area contributed by atoms with Gasteiger partial charge in [0.2, 0.25) is 0 Å². The van der Waals surface area contributed by atoms with Gasteiger partial charge in [-0.15, -0.1) is 0 Å². The van der Waals surface area contributed by atoms with E-state index < -0.39 is 18.9 Å². The van der Waals surface area contributed by atoms with Crippen LogP contribution in [0.4, 0.5) is 13.2 Å². The third-order valence-electron chi connectivity index (χ3n) is 2.77. The summed E-state index contributed by atoms with van der Waals surface area (Å²) >= 11 is 0. The summed E-state index contributed by atoms with van der Waals surface area (Å²) in [7, 11) is 1.55. The van der Waals surface area contributed by atoms with Crippen LogP contribution in [0, 0.1) is 0 Å². The molecule has 1 saturated carbocycles. The number of rotatable bonds is 8. The minimum absolute atomic E-state index is 0.0603. The Kier molecular flexibility index (Phi) is 6.34. The van der Waals surface area contributed by atoms with Gasteiger partial charge in [-0.3, -0.25) is 0 Å². The van der Waals surface area contributed by atoms with Gasteiger partial charge in [0.25, 0.3) is 0 Å². The molecule has 0 radical (unpaired) electrons. The molecule has 3 unspecified atom stereocenters. The van der Waals surface area contributed by atoms with Crippen molar-refractivity contribution >= 4 is 0 Å². The van der Waals surface area contributed by atoms with Crippen LogP contribution in [-0.4, -0.2) is 57.9 Å². The number of ether oxygens (including phenoxy) is 3. The first-order valence-electron chi connectivity index (χ1n) is 6.00. The van der Waals surface area contributed by atoms with Crippen molar-refractivity contribution in [2.75, 3.05) is 33.5 Å². The molecule has 1 N–H and O–H groups in total. The lowest BCUT2D eigenvalue weighted by Crippen LogP contribution is -2.60. The molecule has 1 fully saturated rings. The smallest absolute Gasteiger partial charge is 0.382 e. The van der Waals surface area contributed by atoms with E-state index >= 15 is 0 Å². The number of halogens is 3. The zero-order valence-electron chi connectivity index (χ0n) is 10.6. The summed E-state index contributed by atoms with van der Waals surface area (Å²) in [6, 6.07) is 0.0603. The zero-order valence-corrected chi connectivity index (χ0v) is 10.6. The molecule has 0 aromatic rings. The maximum Gasteiger partial charge on any atom is 0.411 e. The third-order valence-corrected chi connectivity index (χ3v) is 2.77. The van der Waals surface area contributed by atoms with Gasteiger partial charge in [-0.2, -0.15) is 13.2 Å². The van der Waals surface area contributed by atoms with Gasteiger partial charge in [0.15, 0.2) is 0 Å². The molecule has 0 aromatic carbocycles. The first-order valence-corrected chi connectivity index (χ1v) is 6.00. The monoisotopic (exact) mass is 271 g/mol. The molecular formula is C11H20F3NO3. The van der Waals surface area contributed by atoms with Crippen molar-refractivity contribution in [3.05, 3.63) is 0 Å².